The third kappa shape index (κ3) is 3.09. The summed E-state index contributed by atoms with van der Waals surface area (Å²) < 4.78 is 0. The van der Waals surface area contributed by atoms with E-state index in [4.69, 9.17) is 5.11 Å². The zero-order valence-electron chi connectivity index (χ0n) is 5.14. The maximum atomic E-state index is 10.1. The van der Waals surface area contributed by atoms with Gasteiger partial charge in [-0.1, -0.05) is 0 Å². The zero-order chi connectivity index (χ0) is 6.57. The van der Waals surface area contributed by atoms with Gasteiger partial charge < -0.3 is 0 Å². The summed E-state index contributed by atoms with van der Waals surface area (Å²) in [5.41, 5.74) is 2.11. The molecule has 48 valence electrons. The zero-order valence-corrected chi connectivity index (χ0v) is 7.24. The van der Waals surface area contributed by atoms with E-state index in [1.807, 2.05) is 0 Å². The van der Waals surface area contributed by atoms with Crippen LogP contribution in [-0.4, -0.2) is 26.8 Å². The molecule has 0 aliphatic heterocycles. The molecule has 0 spiro atoms. The third-order valence-corrected chi connectivity index (χ3v) is 3.07. The maximum absolute atomic E-state index is 10.1. The van der Waals surface area contributed by atoms with E-state index < -0.39 is 5.97 Å². The molecule has 1 N–H and O–H groups in total. The normalized spacial score (nSPS) is 14.8. The molecule has 0 bridgehead atoms. The fourth-order valence-electron chi connectivity index (χ4n) is 0.393. The van der Waals surface area contributed by atoms with Gasteiger partial charge in [0.25, 0.3) is 0 Å². The summed E-state index contributed by atoms with van der Waals surface area (Å²) in [6.45, 7) is 1.76. The van der Waals surface area contributed by atoms with E-state index in [2.05, 4.69) is 5.71 Å². The average Bonchev–Trinajstić information content (AvgIpc) is 1.67. The molecular weight excluding hydrogens is 167 g/mol. The minimum absolute atomic E-state index is 0.0438. The fraction of sp³-hybridized carbons (Fsp3) is 0.800. The van der Waals surface area contributed by atoms with Gasteiger partial charge >= 0.3 is 55.4 Å². The van der Waals surface area contributed by atoms with Crippen molar-refractivity contribution in [2.75, 3.05) is 0 Å². The Morgan fingerprint density at radius 1 is 1.88 bits per heavy atom. The summed E-state index contributed by atoms with van der Waals surface area (Å²) in [7, 11) is 0. The molecule has 0 amide bonds. The molecule has 0 aliphatic carbocycles. The summed E-state index contributed by atoms with van der Waals surface area (Å²) >= 11 is 0.0438. The van der Waals surface area contributed by atoms with Crippen LogP contribution in [0.3, 0.4) is 0 Å². The molecule has 0 rings (SSSR count). The Labute approximate surface area is 56.0 Å². The molecule has 2 nitrogen and oxygen atoms in total. The van der Waals surface area contributed by atoms with Crippen molar-refractivity contribution in [2.24, 2.45) is 5.92 Å². The van der Waals surface area contributed by atoms with Gasteiger partial charge in [-0.15, -0.1) is 0 Å². The molecule has 8 heavy (non-hydrogen) atoms. The van der Waals surface area contributed by atoms with Crippen molar-refractivity contribution in [3.05, 3.63) is 0 Å². The molecule has 2 unspecified atom stereocenters. The minimum atomic E-state index is -0.657. The number of hydrogen-bond donors (Lipinski definition) is 1. The van der Waals surface area contributed by atoms with Gasteiger partial charge in [-0.05, 0) is 0 Å². The first-order chi connectivity index (χ1) is 3.68. The van der Waals surface area contributed by atoms with Crippen molar-refractivity contribution in [1.29, 1.82) is 0 Å². The summed E-state index contributed by atoms with van der Waals surface area (Å²) in [4.78, 5) is 10.1. The summed E-state index contributed by atoms with van der Waals surface area (Å²) in [5.74, 6) is -0.768. The monoisotopic (exact) mass is 178 g/mol. The number of rotatable bonds is 3. The van der Waals surface area contributed by atoms with Crippen LogP contribution in [0.4, 0.5) is 0 Å². The summed E-state index contributed by atoms with van der Waals surface area (Å²) in [6.07, 6.45) is 0. The average molecular weight is 178 g/mol. The molecule has 2 atom stereocenters. The molecular formula is C5H11AsO2. The molecule has 0 aromatic heterocycles. The Morgan fingerprint density at radius 3 is 2.50 bits per heavy atom. The van der Waals surface area contributed by atoms with Crippen molar-refractivity contribution < 1.29 is 9.90 Å². The number of carboxylic acid groups (broad SMARTS) is 1. The van der Waals surface area contributed by atoms with Crippen LogP contribution >= 0.6 is 0 Å². The summed E-state index contributed by atoms with van der Waals surface area (Å²) in [5, 5.41) is 9.25. The Kier molecular flexibility index (Phi) is 3.98. The molecule has 0 aromatic carbocycles. The Morgan fingerprint density at radius 2 is 2.38 bits per heavy atom. The fourth-order valence-corrected chi connectivity index (χ4v) is 2.04. The Hall–Kier alpha value is 0.0284. The van der Waals surface area contributed by atoms with E-state index in [0.29, 0.717) is 0 Å². The van der Waals surface area contributed by atoms with E-state index in [-0.39, 0.29) is 21.7 Å². The van der Waals surface area contributed by atoms with E-state index in [1.54, 1.807) is 6.92 Å². The van der Waals surface area contributed by atoms with Gasteiger partial charge in [0.2, 0.25) is 0 Å². The van der Waals surface area contributed by atoms with E-state index >= 15 is 0 Å². The second-order valence-electron chi connectivity index (χ2n) is 1.80. The Balaban J connectivity index is 3.32. The summed E-state index contributed by atoms with van der Waals surface area (Å²) in [6, 6.07) is 0. The quantitative estimate of drug-likeness (QED) is 0.643. The molecule has 0 radical (unpaired) electrons. The number of carbonyl (C=O) groups is 1. The molecule has 0 saturated heterocycles. The van der Waals surface area contributed by atoms with Crippen LogP contribution in [0.1, 0.15) is 6.92 Å². The topological polar surface area (TPSA) is 37.3 Å². The molecule has 0 heterocycles. The van der Waals surface area contributed by atoms with Gasteiger partial charge in [-0.3, -0.25) is 0 Å². The van der Waals surface area contributed by atoms with Crippen molar-refractivity contribution in [3.63, 3.8) is 0 Å². The van der Waals surface area contributed by atoms with Crippen molar-refractivity contribution in [2.45, 2.75) is 17.8 Å². The van der Waals surface area contributed by atoms with Gasteiger partial charge in [0.05, 0.1) is 0 Å². The van der Waals surface area contributed by atoms with Crippen molar-refractivity contribution in [1.82, 2.24) is 0 Å². The molecule has 3 heteroatoms. The van der Waals surface area contributed by atoms with Gasteiger partial charge in [0.15, 0.2) is 0 Å². The van der Waals surface area contributed by atoms with Crippen LogP contribution in [0.2, 0.25) is 10.9 Å². The molecule has 0 saturated carbocycles. The molecule has 0 aromatic rings. The van der Waals surface area contributed by atoms with Gasteiger partial charge in [0.1, 0.15) is 0 Å². The second kappa shape index (κ2) is 3.96. The predicted octanol–water partition coefficient (Wildman–Crippen LogP) is 0.610. The standard InChI is InChI=1S/C5H11AsO2/c1-4(3-6-2)5(7)8/h4,6H,3H2,1-2H3,(H,7,8). The van der Waals surface area contributed by atoms with Crippen molar-refractivity contribution in [3.8, 4) is 0 Å². The number of hydrogen-bond acceptors (Lipinski definition) is 1. The van der Waals surface area contributed by atoms with Crippen LogP contribution in [0.15, 0.2) is 0 Å². The van der Waals surface area contributed by atoms with Crippen LogP contribution in [0.25, 0.3) is 0 Å². The first-order valence-corrected chi connectivity index (χ1v) is 6.14. The van der Waals surface area contributed by atoms with Crippen LogP contribution in [0, 0.1) is 5.92 Å². The number of carboxylic acids is 1. The van der Waals surface area contributed by atoms with E-state index in [1.165, 1.54) is 0 Å². The van der Waals surface area contributed by atoms with E-state index in [9.17, 15) is 4.79 Å². The van der Waals surface area contributed by atoms with Crippen LogP contribution in [0.5, 0.6) is 0 Å². The molecule has 0 aliphatic rings. The molecule has 0 fully saturated rings. The van der Waals surface area contributed by atoms with Crippen molar-refractivity contribution >= 4 is 21.7 Å². The number of aliphatic carboxylic acids is 1. The van der Waals surface area contributed by atoms with Gasteiger partial charge in [-0.2, -0.15) is 0 Å². The van der Waals surface area contributed by atoms with Gasteiger partial charge in [-0.25, -0.2) is 0 Å². The first kappa shape index (κ1) is 8.03. The third-order valence-electron chi connectivity index (χ3n) is 0.932. The van der Waals surface area contributed by atoms with E-state index in [0.717, 1.165) is 5.21 Å². The Bertz CT molecular complexity index is 82.5. The first-order valence-electron chi connectivity index (χ1n) is 2.56. The second-order valence-corrected chi connectivity index (χ2v) is 4.14. The SMILES string of the molecule is C[AsH]CC(C)C(=O)O. The van der Waals surface area contributed by atoms with Crippen LogP contribution in [-0.2, 0) is 4.79 Å². The van der Waals surface area contributed by atoms with Crippen LogP contribution < -0.4 is 0 Å². The predicted molar refractivity (Wildman–Crippen MR) is 34.6 cm³/mol. The van der Waals surface area contributed by atoms with Gasteiger partial charge in [0, 0.05) is 0 Å².